The lowest BCUT2D eigenvalue weighted by Gasteiger charge is -2.31. The quantitative estimate of drug-likeness (QED) is 0.199. The van der Waals surface area contributed by atoms with Gasteiger partial charge >= 0.3 is 5.97 Å². The van der Waals surface area contributed by atoms with Crippen LogP contribution in [0.15, 0.2) is 108 Å². The minimum Gasteiger partial charge on any atom is -0.460 e. The van der Waals surface area contributed by atoms with Crippen molar-refractivity contribution in [3.05, 3.63) is 137 Å². The van der Waals surface area contributed by atoms with Gasteiger partial charge in [-0.05, 0) is 53.0 Å². The molecular formula is C36H40N2O5S. The number of amides is 1. The number of ether oxygens (including phenoxy) is 1. The number of carbonyl (C=O) groups excluding carboxylic acids is 2. The molecule has 44 heavy (non-hydrogen) atoms. The average molecular weight is 613 g/mol. The number of carbonyl (C=O) groups is 2. The number of sulfonamides is 1. The molecule has 0 saturated carbocycles. The van der Waals surface area contributed by atoms with E-state index >= 15 is 0 Å². The lowest BCUT2D eigenvalue weighted by molar-refractivity contribution is -0.145. The van der Waals surface area contributed by atoms with E-state index in [0.29, 0.717) is 24.0 Å². The van der Waals surface area contributed by atoms with Gasteiger partial charge in [-0.3, -0.25) is 9.59 Å². The minimum atomic E-state index is -4.22. The van der Waals surface area contributed by atoms with Gasteiger partial charge in [0.1, 0.15) is 19.2 Å². The van der Waals surface area contributed by atoms with E-state index in [-0.39, 0.29) is 18.0 Å². The van der Waals surface area contributed by atoms with Crippen molar-refractivity contribution >= 4 is 21.9 Å². The van der Waals surface area contributed by atoms with Gasteiger partial charge in [-0.2, -0.15) is 4.72 Å². The van der Waals surface area contributed by atoms with E-state index in [4.69, 9.17) is 4.74 Å². The largest absolute Gasteiger partial charge is 0.460 e. The van der Waals surface area contributed by atoms with Crippen LogP contribution in [0.4, 0.5) is 0 Å². The molecule has 0 aliphatic rings. The Morgan fingerprint density at radius 3 is 1.66 bits per heavy atom. The first-order chi connectivity index (χ1) is 20.9. The summed E-state index contributed by atoms with van der Waals surface area (Å²) in [4.78, 5) is 26.0. The third-order valence-corrected chi connectivity index (χ3v) is 8.79. The van der Waals surface area contributed by atoms with Gasteiger partial charge in [0, 0.05) is 0 Å². The van der Waals surface area contributed by atoms with Crippen molar-refractivity contribution in [2.75, 3.05) is 6.54 Å². The van der Waals surface area contributed by atoms with E-state index in [1.807, 2.05) is 110 Å². The zero-order chi connectivity index (χ0) is 31.7. The molecule has 1 atom stereocenters. The van der Waals surface area contributed by atoms with Crippen LogP contribution in [0.5, 0.6) is 0 Å². The van der Waals surface area contributed by atoms with Crippen LogP contribution >= 0.6 is 0 Å². The van der Waals surface area contributed by atoms with Gasteiger partial charge in [0.15, 0.2) is 0 Å². The van der Waals surface area contributed by atoms with E-state index in [2.05, 4.69) is 10.0 Å². The topological polar surface area (TPSA) is 102 Å². The molecule has 0 radical (unpaired) electrons. The summed E-state index contributed by atoms with van der Waals surface area (Å²) in [6, 6.07) is 31.2. The molecule has 1 amide bonds. The Bertz CT molecular complexity index is 1600. The molecule has 2 N–H and O–H groups in total. The zero-order valence-electron chi connectivity index (χ0n) is 25.7. The van der Waals surface area contributed by atoms with Crippen LogP contribution in [0.3, 0.4) is 0 Å². The molecule has 0 heterocycles. The molecule has 4 aromatic rings. The van der Waals surface area contributed by atoms with E-state index in [0.717, 1.165) is 22.3 Å². The molecule has 4 rings (SSSR count). The summed E-state index contributed by atoms with van der Waals surface area (Å²) in [7, 11) is -4.22. The number of nitrogens with one attached hydrogen (secondary N) is 2. The average Bonchev–Trinajstić information content (AvgIpc) is 2.98. The van der Waals surface area contributed by atoms with Crippen molar-refractivity contribution in [1.82, 2.24) is 10.0 Å². The first-order valence-corrected chi connectivity index (χ1v) is 16.1. The van der Waals surface area contributed by atoms with Crippen LogP contribution < -0.4 is 10.0 Å². The molecule has 0 saturated heterocycles. The maximum Gasteiger partial charge on any atom is 0.325 e. The highest BCUT2D eigenvalue weighted by Crippen LogP contribution is 2.30. The summed E-state index contributed by atoms with van der Waals surface area (Å²) >= 11 is 0. The molecule has 8 heteroatoms. The molecule has 0 spiro atoms. The SMILES string of the molecule is Cc1cc(Cc2ccccc2)c(S(=O)(=O)N[C@H](C(=O)NCC(=O)OCc2ccccc2)C(C)(C)C)c(Cc2ccccc2)c1. The number of hydrogen-bond donors (Lipinski definition) is 2. The number of hydrogen-bond acceptors (Lipinski definition) is 5. The molecular weight excluding hydrogens is 572 g/mol. The highest BCUT2D eigenvalue weighted by molar-refractivity contribution is 7.89. The predicted octanol–water partition coefficient (Wildman–Crippen LogP) is 5.73. The molecule has 0 aromatic heterocycles. The van der Waals surface area contributed by atoms with Gasteiger partial charge in [0.25, 0.3) is 0 Å². The van der Waals surface area contributed by atoms with Gasteiger partial charge in [-0.1, -0.05) is 129 Å². The Kier molecular flexibility index (Phi) is 10.7. The fourth-order valence-electron chi connectivity index (χ4n) is 5.06. The van der Waals surface area contributed by atoms with E-state index < -0.39 is 33.4 Å². The first-order valence-electron chi connectivity index (χ1n) is 14.6. The predicted molar refractivity (Wildman–Crippen MR) is 172 cm³/mol. The fraction of sp³-hybridized carbons (Fsp3) is 0.278. The Balaban J connectivity index is 1.62. The summed E-state index contributed by atoms with van der Waals surface area (Å²) in [5.41, 5.74) is 4.19. The van der Waals surface area contributed by atoms with Crippen LogP contribution in [0, 0.1) is 12.3 Å². The minimum absolute atomic E-state index is 0.0761. The number of rotatable bonds is 12. The molecule has 0 fully saturated rings. The van der Waals surface area contributed by atoms with Crippen molar-refractivity contribution in [1.29, 1.82) is 0 Å². The second kappa shape index (κ2) is 14.5. The summed E-state index contributed by atoms with van der Waals surface area (Å²) < 4.78 is 36.7. The molecule has 4 aromatic carbocycles. The monoisotopic (exact) mass is 612 g/mol. The van der Waals surface area contributed by atoms with Gasteiger partial charge in [0.2, 0.25) is 15.9 Å². The number of aryl methyl sites for hydroxylation is 1. The van der Waals surface area contributed by atoms with Crippen molar-refractivity contribution in [2.24, 2.45) is 5.41 Å². The van der Waals surface area contributed by atoms with Crippen LogP contribution in [-0.4, -0.2) is 32.9 Å². The smallest absolute Gasteiger partial charge is 0.325 e. The normalized spacial score (nSPS) is 12.4. The molecule has 0 bridgehead atoms. The summed E-state index contributed by atoms with van der Waals surface area (Å²) in [5, 5.41) is 2.58. The number of benzene rings is 4. The maximum absolute atomic E-state index is 14.3. The zero-order valence-corrected chi connectivity index (χ0v) is 26.5. The van der Waals surface area contributed by atoms with E-state index in [9.17, 15) is 18.0 Å². The summed E-state index contributed by atoms with van der Waals surface area (Å²) in [6.07, 6.45) is 0.806. The standard InChI is InChI=1S/C36H40N2O5S/c1-26-20-30(22-27-14-8-5-9-15-27)33(31(21-26)23-28-16-10-6-11-17-28)44(41,42)38-34(36(2,3)4)35(40)37-24-32(39)43-25-29-18-12-7-13-19-29/h5-21,34,38H,22-25H2,1-4H3,(H,37,40)/t34-/m1/s1. The summed E-state index contributed by atoms with van der Waals surface area (Å²) in [6.45, 7) is 6.97. The Hall–Kier alpha value is -4.27. The first kappa shape index (κ1) is 32.6. The van der Waals surface area contributed by atoms with Crippen molar-refractivity contribution in [3.8, 4) is 0 Å². The van der Waals surface area contributed by atoms with Crippen LogP contribution in [0.2, 0.25) is 0 Å². The van der Waals surface area contributed by atoms with Crippen molar-refractivity contribution < 1.29 is 22.7 Å². The Morgan fingerprint density at radius 1 is 0.750 bits per heavy atom. The van der Waals surface area contributed by atoms with E-state index in [1.165, 1.54) is 0 Å². The highest BCUT2D eigenvalue weighted by atomic mass is 32.2. The third kappa shape index (κ3) is 9.11. The Labute approximate surface area is 260 Å². The van der Waals surface area contributed by atoms with Crippen molar-refractivity contribution in [2.45, 2.75) is 58.1 Å². The third-order valence-electron chi connectivity index (χ3n) is 7.18. The number of esters is 1. The highest BCUT2D eigenvalue weighted by Gasteiger charge is 2.37. The van der Waals surface area contributed by atoms with Crippen LogP contribution in [0.1, 0.15) is 54.2 Å². The lowest BCUT2D eigenvalue weighted by atomic mass is 9.87. The van der Waals surface area contributed by atoms with Crippen LogP contribution in [-0.2, 0) is 43.8 Å². The molecule has 0 aliphatic heterocycles. The maximum atomic E-state index is 14.3. The van der Waals surface area contributed by atoms with E-state index in [1.54, 1.807) is 20.8 Å². The molecule has 7 nitrogen and oxygen atoms in total. The second-order valence-corrected chi connectivity index (χ2v) is 13.7. The Morgan fingerprint density at radius 2 is 1.20 bits per heavy atom. The van der Waals surface area contributed by atoms with Gasteiger partial charge in [0.05, 0.1) is 4.90 Å². The molecule has 230 valence electrons. The van der Waals surface area contributed by atoms with Crippen molar-refractivity contribution in [3.63, 3.8) is 0 Å². The fourth-order valence-corrected chi connectivity index (χ4v) is 6.90. The second-order valence-electron chi connectivity index (χ2n) is 12.0. The lowest BCUT2D eigenvalue weighted by Crippen LogP contribution is -2.54. The van der Waals surface area contributed by atoms with Crippen LogP contribution in [0.25, 0.3) is 0 Å². The summed E-state index contributed by atoms with van der Waals surface area (Å²) in [5.74, 6) is -1.23. The molecule has 0 aliphatic carbocycles. The van der Waals surface area contributed by atoms with Gasteiger partial charge < -0.3 is 10.1 Å². The van der Waals surface area contributed by atoms with Gasteiger partial charge in [-0.15, -0.1) is 0 Å². The van der Waals surface area contributed by atoms with Gasteiger partial charge in [-0.25, -0.2) is 8.42 Å². The molecule has 0 unspecified atom stereocenters.